The Morgan fingerprint density at radius 2 is 2.00 bits per heavy atom. The van der Waals surface area contributed by atoms with Crippen molar-refractivity contribution in [2.24, 2.45) is 0 Å². The molecule has 0 saturated carbocycles. The summed E-state index contributed by atoms with van der Waals surface area (Å²) < 4.78 is 31.0. The molecule has 0 atom stereocenters. The van der Waals surface area contributed by atoms with Crippen molar-refractivity contribution in [3.63, 3.8) is 0 Å². The number of carboxylic acid groups (broad SMARTS) is 1. The third-order valence-corrected chi connectivity index (χ3v) is 3.15. The highest BCUT2D eigenvalue weighted by Crippen LogP contribution is 2.19. The number of carboxylic acids is 1. The van der Waals surface area contributed by atoms with Gasteiger partial charge in [0.25, 0.3) is 10.1 Å². The zero-order chi connectivity index (χ0) is 12.3. The zero-order valence-electron chi connectivity index (χ0n) is 8.05. The van der Waals surface area contributed by atoms with Gasteiger partial charge in [-0.05, 0) is 17.2 Å². The van der Waals surface area contributed by atoms with Crippen LogP contribution in [0.25, 0.3) is 0 Å². The first-order valence-corrected chi connectivity index (χ1v) is 6.19. The Labute approximate surface area is 97.4 Å². The topological polar surface area (TPSA) is 91.7 Å². The maximum atomic E-state index is 11.0. The summed E-state index contributed by atoms with van der Waals surface area (Å²) in [6.07, 6.45) is -0.475. The summed E-state index contributed by atoms with van der Waals surface area (Å²) in [6.45, 7) is 0. The lowest BCUT2D eigenvalue weighted by Gasteiger charge is -2.06. The molecule has 88 valence electrons. The van der Waals surface area contributed by atoms with Crippen molar-refractivity contribution in [1.82, 2.24) is 0 Å². The number of hydrogen-bond acceptors (Lipinski definition) is 3. The van der Waals surface area contributed by atoms with E-state index in [2.05, 4.69) is 0 Å². The largest absolute Gasteiger partial charge is 0.481 e. The van der Waals surface area contributed by atoms with Gasteiger partial charge in [0.15, 0.2) is 0 Å². The molecule has 0 bridgehead atoms. The van der Waals surface area contributed by atoms with Crippen molar-refractivity contribution >= 4 is 27.7 Å². The predicted octanol–water partition coefficient (Wildman–Crippen LogP) is 1.30. The minimum absolute atomic E-state index is 0.0314. The molecule has 16 heavy (non-hydrogen) atoms. The van der Waals surface area contributed by atoms with Gasteiger partial charge >= 0.3 is 5.97 Å². The fourth-order valence-electron chi connectivity index (χ4n) is 1.23. The van der Waals surface area contributed by atoms with Crippen molar-refractivity contribution in [3.05, 3.63) is 29.3 Å². The Kier molecular flexibility index (Phi) is 3.90. The first-order chi connectivity index (χ1) is 7.34. The van der Waals surface area contributed by atoms with E-state index in [1.165, 1.54) is 18.2 Å². The molecule has 1 aromatic rings. The SMILES string of the molecule is O=C(O)Cc1ccc(CCl)cc1S(=O)(=O)O. The summed E-state index contributed by atoms with van der Waals surface area (Å²) >= 11 is 5.51. The highest BCUT2D eigenvalue weighted by Gasteiger charge is 2.17. The van der Waals surface area contributed by atoms with E-state index in [1.807, 2.05) is 0 Å². The molecule has 0 saturated heterocycles. The Morgan fingerprint density at radius 1 is 1.38 bits per heavy atom. The molecule has 1 aromatic carbocycles. The van der Waals surface area contributed by atoms with Crippen molar-refractivity contribution in [1.29, 1.82) is 0 Å². The van der Waals surface area contributed by atoms with Gasteiger partial charge in [-0.1, -0.05) is 12.1 Å². The van der Waals surface area contributed by atoms with E-state index >= 15 is 0 Å². The highest BCUT2D eigenvalue weighted by atomic mass is 35.5. The van der Waals surface area contributed by atoms with Gasteiger partial charge < -0.3 is 5.11 Å². The van der Waals surface area contributed by atoms with E-state index in [-0.39, 0.29) is 11.4 Å². The quantitative estimate of drug-likeness (QED) is 0.632. The lowest BCUT2D eigenvalue weighted by Crippen LogP contribution is -2.08. The third kappa shape index (κ3) is 3.19. The molecule has 0 aliphatic rings. The van der Waals surface area contributed by atoms with Crippen molar-refractivity contribution in [2.75, 3.05) is 0 Å². The normalized spacial score (nSPS) is 11.4. The Morgan fingerprint density at radius 3 is 2.44 bits per heavy atom. The first kappa shape index (κ1) is 13.0. The van der Waals surface area contributed by atoms with Gasteiger partial charge in [-0.25, -0.2) is 0 Å². The molecule has 5 nitrogen and oxygen atoms in total. The molecule has 0 aliphatic heterocycles. The van der Waals surface area contributed by atoms with Crippen LogP contribution in [0.4, 0.5) is 0 Å². The number of alkyl halides is 1. The number of hydrogen-bond donors (Lipinski definition) is 2. The van der Waals surface area contributed by atoms with Crippen molar-refractivity contribution in [3.8, 4) is 0 Å². The number of benzene rings is 1. The number of carbonyl (C=O) groups is 1. The van der Waals surface area contributed by atoms with Crippen LogP contribution in [0.3, 0.4) is 0 Å². The number of aliphatic carboxylic acids is 1. The Hall–Kier alpha value is -1.11. The molecule has 1 rings (SSSR count). The van der Waals surface area contributed by atoms with Crippen molar-refractivity contribution < 1.29 is 22.9 Å². The van der Waals surface area contributed by atoms with Gasteiger partial charge in [0, 0.05) is 5.88 Å². The average Bonchev–Trinajstić information content (AvgIpc) is 2.15. The van der Waals surface area contributed by atoms with E-state index in [1.54, 1.807) is 0 Å². The third-order valence-electron chi connectivity index (χ3n) is 1.91. The maximum absolute atomic E-state index is 11.0. The second-order valence-corrected chi connectivity index (χ2v) is 4.78. The van der Waals surface area contributed by atoms with Gasteiger partial charge in [0.05, 0.1) is 11.3 Å². The molecule has 0 radical (unpaired) electrons. The minimum Gasteiger partial charge on any atom is -0.481 e. The Bertz CT molecular complexity index is 509. The molecule has 0 heterocycles. The lowest BCUT2D eigenvalue weighted by atomic mass is 10.1. The molecule has 0 aliphatic carbocycles. The summed E-state index contributed by atoms with van der Waals surface area (Å²) in [5.41, 5.74) is 0.521. The molecule has 0 aromatic heterocycles. The zero-order valence-corrected chi connectivity index (χ0v) is 9.62. The van der Waals surface area contributed by atoms with Crippen molar-refractivity contribution in [2.45, 2.75) is 17.2 Å². The summed E-state index contributed by atoms with van der Waals surface area (Å²) in [4.78, 5) is 10.1. The van der Waals surface area contributed by atoms with E-state index in [0.29, 0.717) is 5.56 Å². The fraction of sp³-hybridized carbons (Fsp3) is 0.222. The van der Waals surface area contributed by atoms with Crippen LogP contribution >= 0.6 is 11.6 Å². The predicted molar refractivity (Wildman–Crippen MR) is 57.2 cm³/mol. The molecule has 7 heteroatoms. The van der Waals surface area contributed by atoms with E-state index in [0.717, 1.165) is 0 Å². The molecule has 0 spiro atoms. The fourth-order valence-corrected chi connectivity index (χ4v) is 2.17. The van der Waals surface area contributed by atoms with Crippen LogP contribution in [0.15, 0.2) is 23.1 Å². The molecule has 0 unspecified atom stereocenters. The molecule has 2 N–H and O–H groups in total. The van der Waals surface area contributed by atoms with Gasteiger partial charge in [-0.3, -0.25) is 9.35 Å². The molecular formula is C9H9ClO5S. The molecule has 0 fully saturated rings. The summed E-state index contributed by atoms with van der Waals surface area (Å²) in [5.74, 6) is -1.10. The number of halogens is 1. The van der Waals surface area contributed by atoms with Gasteiger partial charge in [-0.15, -0.1) is 11.6 Å². The number of rotatable bonds is 4. The smallest absolute Gasteiger partial charge is 0.307 e. The van der Waals surface area contributed by atoms with Gasteiger partial charge in [-0.2, -0.15) is 8.42 Å². The standard InChI is InChI=1S/C9H9ClO5S/c10-5-6-1-2-7(4-9(11)12)8(3-6)16(13,14)15/h1-3H,4-5H2,(H,11,12)(H,13,14,15). The summed E-state index contributed by atoms with van der Waals surface area (Å²) in [7, 11) is -4.43. The minimum atomic E-state index is -4.43. The van der Waals surface area contributed by atoms with E-state index in [9.17, 15) is 13.2 Å². The summed E-state index contributed by atoms with van der Waals surface area (Å²) in [5, 5.41) is 8.58. The average molecular weight is 265 g/mol. The lowest BCUT2D eigenvalue weighted by molar-refractivity contribution is -0.136. The van der Waals surface area contributed by atoms with Crippen LogP contribution < -0.4 is 0 Å². The first-order valence-electron chi connectivity index (χ1n) is 4.21. The second kappa shape index (κ2) is 4.82. The second-order valence-electron chi connectivity index (χ2n) is 3.12. The maximum Gasteiger partial charge on any atom is 0.307 e. The molecular weight excluding hydrogens is 256 g/mol. The van der Waals surface area contributed by atoms with E-state index in [4.69, 9.17) is 21.3 Å². The molecule has 0 amide bonds. The van der Waals surface area contributed by atoms with Crippen LogP contribution in [0, 0.1) is 0 Å². The van der Waals surface area contributed by atoms with Gasteiger partial charge in [0.1, 0.15) is 0 Å². The van der Waals surface area contributed by atoms with Crippen LogP contribution in [0.5, 0.6) is 0 Å². The summed E-state index contributed by atoms with van der Waals surface area (Å²) in [6, 6.07) is 4.01. The Balaban J connectivity index is 3.33. The van der Waals surface area contributed by atoms with Crippen LogP contribution in [-0.4, -0.2) is 24.0 Å². The van der Waals surface area contributed by atoms with E-state index < -0.39 is 27.4 Å². The van der Waals surface area contributed by atoms with Crippen LogP contribution in [-0.2, 0) is 27.2 Å². The van der Waals surface area contributed by atoms with Gasteiger partial charge in [0.2, 0.25) is 0 Å². The van der Waals surface area contributed by atoms with Crippen LogP contribution in [0.1, 0.15) is 11.1 Å². The monoisotopic (exact) mass is 264 g/mol. The van der Waals surface area contributed by atoms with Crippen LogP contribution in [0.2, 0.25) is 0 Å². The highest BCUT2D eigenvalue weighted by molar-refractivity contribution is 7.85.